The zero-order chi connectivity index (χ0) is 11.7. The first-order valence-electron chi connectivity index (χ1n) is 5.39. The van der Waals surface area contributed by atoms with E-state index in [1.807, 2.05) is 0 Å². The Morgan fingerprint density at radius 1 is 1.20 bits per heavy atom. The maximum absolute atomic E-state index is 5.90. The summed E-state index contributed by atoms with van der Waals surface area (Å²) < 4.78 is 12.9. The van der Waals surface area contributed by atoms with Crippen LogP contribution in [0.2, 0.25) is 0 Å². The third kappa shape index (κ3) is 2.97. The molecule has 1 saturated heterocycles. The molecule has 1 aliphatic rings. The van der Waals surface area contributed by atoms with E-state index in [1.165, 1.54) is 0 Å². The van der Waals surface area contributed by atoms with E-state index in [1.54, 1.807) is 0 Å². The molecule has 86 valence electrons. The van der Waals surface area contributed by atoms with Crippen LogP contribution in [0.3, 0.4) is 0 Å². The minimum absolute atomic E-state index is 0.224. The zero-order valence-electron chi connectivity index (χ0n) is 10.1. The quantitative estimate of drug-likeness (QED) is 0.449. The summed E-state index contributed by atoms with van der Waals surface area (Å²) in [6, 6.07) is 0. The second-order valence-electron chi connectivity index (χ2n) is 5.04. The van der Waals surface area contributed by atoms with Crippen LogP contribution in [-0.4, -0.2) is 22.7 Å². The first-order chi connectivity index (χ1) is 6.80. The molecular formula is C11H20BIO2. The third-order valence-corrected chi connectivity index (χ3v) is 3.98. The number of hydrogen-bond acceptors (Lipinski definition) is 2. The molecule has 1 heterocycles. The molecule has 1 aliphatic heterocycles. The highest BCUT2D eigenvalue weighted by molar-refractivity contribution is 14.1. The van der Waals surface area contributed by atoms with E-state index >= 15 is 0 Å². The van der Waals surface area contributed by atoms with Crippen molar-refractivity contribution < 1.29 is 9.31 Å². The van der Waals surface area contributed by atoms with Gasteiger partial charge in [0.15, 0.2) is 0 Å². The van der Waals surface area contributed by atoms with Gasteiger partial charge in [-0.25, -0.2) is 0 Å². The van der Waals surface area contributed by atoms with E-state index in [9.17, 15) is 0 Å². The van der Waals surface area contributed by atoms with Crippen molar-refractivity contribution in [1.82, 2.24) is 0 Å². The molecule has 0 saturated carbocycles. The van der Waals surface area contributed by atoms with Gasteiger partial charge in [0.1, 0.15) is 0 Å². The summed E-state index contributed by atoms with van der Waals surface area (Å²) in [5.41, 5.74) is 0.570. The lowest BCUT2D eigenvalue weighted by Crippen LogP contribution is -2.41. The predicted molar refractivity (Wildman–Crippen MR) is 73.3 cm³/mol. The lowest BCUT2D eigenvalue weighted by atomic mass is 9.77. The predicted octanol–water partition coefficient (Wildman–Crippen LogP) is 3.39. The first-order valence-corrected chi connectivity index (χ1v) is 6.92. The Kier molecular flexibility index (Phi) is 4.29. The second kappa shape index (κ2) is 4.76. The van der Waals surface area contributed by atoms with Gasteiger partial charge in [0.25, 0.3) is 0 Å². The average molecular weight is 322 g/mol. The minimum atomic E-state index is -0.245. The van der Waals surface area contributed by atoms with Crippen molar-refractivity contribution in [3.63, 3.8) is 0 Å². The number of hydrogen-bond donors (Lipinski definition) is 0. The second-order valence-corrected chi connectivity index (χ2v) is 6.12. The van der Waals surface area contributed by atoms with Crippen LogP contribution < -0.4 is 0 Å². The molecule has 0 radical (unpaired) electrons. The number of allylic oxidation sites excluding steroid dienone is 1. The van der Waals surface area contributed by atoms with Crippen molar-refractivity contribution in [2.45, 2.75) is 51.7 Å². The van der Waals surface area contributed by atoms with Gasteiger partial charge < -0.3 is 9.31 Å². The van der Waals surface area contributed by atoms with E-state index in [0.717, 1.165) is 22.7 Å². The van der Waals surface area contributed by atoms with Gasteiger partial charge in [-0.15, -0.1) is 6.58 Å². The van der Waals surface area contributed by atoms with E-state index in [4.69, 9.17) is 9.31 Å². The Balaban J connectivity index is 2.59. The van der Waals surface area contributed by atoms with Crippen molar-refractivity contribution in [2.24, 2.45) is 0 Å². The normalized spacial score (nSPS) is 23.1. The van der Waals surface area contributed by atoms with Crippen LogP contribution in [0.15, 0.2) is 12.1 Å². The van der Waals surface area contributed by atoms with Gasteiger partial charge in [0.2, 0.25) is 0 Å². The summed E-state index contributed by atoms with van der Waals surface area (Å²) in [7, 11) is -0.224. The molecule has 0 unspecified atom stereocenters. The summed E-state index contributed by atoms with van der Waals surface area (Å²) >= 11 is 2.37. The standard InChI is InChI=1S/C11H20BIO2/c1-9(7-6-8-13)12-14-10(2,3)11(4,5)15-12/h1,6-8H2,2-5H3. The Bertz CT molecular complexity index is 235. The summed E-state index contributed by atoms with van der Waals surface area (Å²) in [6.45, 7) is 12.3. The van der Waals surface area contributed by atoms with E-state index in [-0.39, 0.29) is 18.3 Å². The van der Waals surface area contributed by atoms with Crippen LogP contribution in [0, 0.1) is 0 Å². The lowest BCUT2D eigenvalue weighted by molar-refractivity contribution is 0.00578. The average Bonchev–Trinajstić information content (AvgIpc) is 2.32. The fourth-order valence-electron chi connectivity index (χ4n) is 1.42. The molecule has 0 aromatic heterocycles. The van der Waals surface area contributed by atoms with Crippen LogP contribution >= 0.6 is 22.6 Å². The molecule has 0 atom stereocenters. The SMILES string of the molecule is C=C(CCCI)B1OC(C)(C)C(C)(C)O1. The summed E-state index contributed by atoms with van der Waals surface area (Å²) in [5.74, 6) is 0. The van der Waals surface area contributed by atoms with Gasteiger partial charge in [0, 0.05) is 0 Å². The van der Waals surface area contributed by atoms with Crippen LogP contribution in [0.4, 0.5) is 0 Å². The summed E-state index contributed by atoms with van der Waals surface area (Å²) in [5, 5.41) is 0. The van der Waals surface area contributed by atoms with Gasteiger partial charge >= 0.3 is 7.12 Å². The van der Waals surface area contributed by atoms with E-state index in [0.29, 0.717) is 0 Å². The van der Waals surface area contributed by atoms with Crippen LogP contribution in [0.1, 0.15) is 40.5 Å². The lowest BCUT2D eigenvalue weighted by Gasteiger charge is -2.32. The molecule has 0 aromatic rings. The summed E-state index contributed by atoms with van der Waals surface area (Å²) in [4.78, 5) is 0. The molecule has 0 aliphatic carbocycles. The van der Waals surface area contributed by atoms with E-state index in [2.05, 4.69) is 56.9 Å². The van der Waals surface area contributed by atoms with Gasteiger partial charge in [-0.2, -0.15) is 0 Å². The van der Waals surface area contributed by atoms with Crippen LogP contribution in [0.5, 0.6) is 0 Å². The molecule has 0 bridgehead atoms. The molecule has 0 amide bonds. The highest BCUT2D eigenvalue weighted by Crippen LogP contribution is 2.38. The highest BCUT2D eigenvalue weighted by atomic mass is 127. The van der Waals surface area contributed by atoms with Gasteiger partial charge in [-0.1, -0.05) is 22.6 Å². The van der Waals surface area contributed by atoms with Crippen molar-refractivity contribution in [2.75, 3.05) is 4.43 Å². The van der Waals surface area contributed by atoms with E-state index < -0.39 is 0 Å². The maximum Gasteiger partial charge on any atom is 0.489 e. The van der Waals surface area contributed by atoms with Crippen LogP contribution in [0.25, 0.3) is 0 Å². The molecule has 0 spiro atoms. The Morgan fingerprint density at radius 2 is 1.67 bits per heavy atom. The molecular weight excluding hydrogens is 302 g/mol. The maximum atomic E-state index is 5.90. The zero-order valence-corrected chi connectivity index (χ0v) is 12.3. The molecule has 0 aromatic carbocycles. The summed E-state index contributed by atoms with van der Waals surface area (Å²) in [6.07, 6.45) is 2.13. The van der Waals surface area contributed by atoms with Crippen LogP contribution in [-0.2, 0) is 9.31 Å². The highest BCUT2D eigenvalue weighted by Gasteiger charge is 2.51. The molecule has 1 fully saturated rings. The van der Waals surface area contributed by atoms with Crippen molar-refractivity contribution in [3.8, 4) is 0 Å². The minimum Gasteiger partial charge on any atom is -0.400 e. The molecule has 0 N–H and O–H groups in total. The molecule has 2 nitrogen and oxygen atoms in total. The topological polar surface area (TPSA) is 18.5 Å². The fourth-order valence-corrected chi connectivity index (χ4v) is 1.80. The van der Waals surface area contributed by atoms with Crippen molar-refractivity contribution >= 4 is 29.7 Å². The first kappa shape index (κ1) is 13.5. The molecule has 1 rings (SSSR count). The van der Waals surface area contributed by atoms with Gasteiger partial charge in [0.05, 0.1) is 11.2 Å². The smallest absolute Gasteiger partial charge is 0.400 e. The molecule has 15 heavy (non-hydrogen) atoms. The van der Waals surface area contributed by atoms with Gasteiger partial charge in [-0.05, 0) is 50.4 Å². The number of alkyl halides is 1. The third-order valence-electron chi connectivity index (χ3n) is 3.22. The molecule has 4 heteroatoms. The van der Waals surface area contributed by atoms with Crippen molar-refractivity contribution in [3.05, 3.63) is 12.1 Å². The Hall–Kier alpha value is 0.455. The number of halogens is 1. The Labute approximate surface area is 107 Å². The largest absolute Gasteiger partial charge is 0.489 e. The monoisotopic (exact) mass is 322 g/mol. The fraction of sp³-hybridized carbons (Fsp3) is 0.818. The van der Waals surface area contributed by atoms with Gasteiger partial charge in [-0.3, -0.25) is 0 Å². The van der Waals surface area contributed by atoms with Crippen molar-refractivity contribution in [1.29, 1.82) is 0 Å². The number of rotatable bonds is 4. The Morgan fingerprint density at radius 3 is 2.07 bits per heavy atom.